The summed E-state index contributed by atoms with van der Waals surface area (Å²) in [6.45, 7) is 0.385. The summed E-state index contributed by atoms with van der Waals surface area (Å²) in [5.74, 6) is 1.42. The van der Waals surface area contributed by atoms with Gasteiger partial charge >= 0.3 is 0 Å². The van der Waals surface area contributed by atoms with Crippen molar-refractivity contribution in [3.63, 3.8) is 0 Å². The van der Waals surface area contributed by atoms with Crippen LogP contribution >= 0.6 is 0 Å². The third-order valence-corrected chi connectivity index (χ3v) is 3.64. The first-order chi connectivity index (χ1) is 10.7. The van der Waals surface area contributed by atoms with Crippen molar-refractivity contribution >= 4 is 16.9 Å². The molecule has 0 saturated carbocycles. The number of carbonyl (C=O) groups is 1. The Morgan fingerprint density at radius 1 is 1.18 bits per heavy atom. The molecule has 1 aromatic heterocycles. The lowest BCUT2D eigenvalue weighted by Gasteiger charge is -2.06. The standard InChI is InChI=1S/C17H17N3O2/c1-20-15-6-4-3-5-14(15)19-16(20)11-18-17(21)12-7-9-13(22-2)10-8-12/h3-10H,11H2,1-2H3,(H,18,21). The maximum absolute atomic E-state index is 12.2. The van der Waals surface area contributed by atoms with Gasteiger partial charge in [0.25, 0.3) is 5.91 Å². The molecule has 1 amide bonds. The second kappa shape index (κ2) is 5.89. The summed E-state index contributed by atoms with van der Waals surface area (Å²) >= 11 is 0. The van der Waals surface area contributed by atoms with Crippen molar-refractivity contribution in [2.45, 2.75) is 6.54 Å². The number of nitrogens with one attached hydrogen (secondary N) is 1. The molecule has 5 nitrogen and oxygen atoms in total. The molecule has 0 unspecified atom stereocenters. The van der Waals surface area contributed by atoms with Gasteiger partial charge in [0.2, 0.25) is 0 Å². The molecule has 5 heteroatoms. The predicted octanol–water partition coefficient (Wildman–Crippen LogP) is 2.51. The summed E-state index contributed by atoms with van der Waals surface area (Å²) in [6, 6.07) is 14.9. The average Bonchev–Trinajstić information content (AvgIpc) is 2.89. The molecule has 3 aromatic rings. The minimum Gasteiger partial charge on any atom is -0.497 e. The third-order valence-electron chi connectivity index (χ3n) is 3.64. The van der Waals surface area contributed by atoms with E-state index in [2.05, 4.69) is 10.3 Å². The van der Waals surface area contributed by atoms with E-state index < -0.39 is 0 Å². The number of carbonyl (C=O) groups excluding carboxylic acids is 1. The molecule has 1 N–H and O–H groups in total. The fraction of sp³-hybridized carbons (Fsp3) is 0.176. The van der Waals surface area contributed by atoms with Crippen molar-refractivity contribution in [3.05, 3.63) is 59.9 Å². The monoisotopic (exact) mass is 295 g/mol. The molecule has 1 heterocycles. The number of ether oxygens (including phenoxy) is 1. The minimum atomic E-state index is -0.130. The van der Waals surface area contributed by atoms with Gasteiger partial charge in [-0.05, 0) is 36.4 Å². The first-order valence-electron chi connectivity index (χ1n) is 7.01. The van der Waals surface area contributed by atoms with Gasteiger partial charge in [-0.2, -0.15) is 0 Å². The molecule has 0 fully saturated rings. The number of fused-ring (bicyclic) bond motifs is 1. The van der Waals surface area contributed by atoms with Crippen LogP contribution in [-0.2, 0) is 13.6 Å². The number of benzene rings is 2. The molecule has 0 spiro atoms. The Hall–Kier alpha value is -2.82. The lowest BCUT2D eigenvalue weighted by molar-refractivity contribution is 0.0949. The first kappa shape index (κ1) is 14.1. The molecular formula is C17H17N3O2. The maximum Gasteiger partial charge on any atom is 0.251 e. The van der Waals surface area contributed by atoms with E-state index in [1.807, 2.05) is 35.9 Å². The van der Waals surface area contributed by atoms with Crippen LogP contribution in [0.25, 0.3) is 11.0 Å². The van der Waals surface area contributed by atoms with Crippen LogP contribution in [0.5, 0.6) is 5.75 Å². The molecule has 0 saturated heterocycles. The van der Waals surface area contributed by atoms with Gasteiger partial charge in [0.15, 0.2) is 0 Å². The zero-order valence-corrected chi connectivity index (χ0v) is 12.5. The van der Waals surface area contributed by atoms with E-state index in [4.69, 9.17) is 4.74 Å². The van der Waals surface area contributed by atoms with Gasteiger partial charge in [-0.3, -0.25) is 4.79 Å². The topological polar surface area (TPSA) is 56.1 Å². The second-order valence-electron chi connectivity index (χ2n) is 4.99. The number of hydrogen-bond donors (Lipinski definition) is 1. The molecule has 2 aromatic carbocycles. The number of amides is 1. The molecule has 0 bridgehead atoms. The molecular weight excluding hydrogens is 278 g/mol. The Morgan fingerprint density at radius 2 is 1.91 bits per heavy atom. The highest BCUT2D eigenvalue weighted by molar-refractivity contribution is 5.94. The van der Waals surface area contributed by atoms with E-state index in [9.17, 15) is 4.79 Å². The van der Waals surface area contributed by atoms with Crippen molar-refractivity contribution in [2.75, 3.05) is 7.11 Å². The van der Waals surface area contributed by atoms with Gasteiger partial charge in [0, 0.05) is 12.6 Å². The number of imidazole rings is 1. The van der Waals surface area contributed by atoms with Crippen LogP contribution in [0.3, 0.4) is 0 Å². The van der Waals surface area contributed by atoms with Crippen molar-refractivity contribution in [1.29, 1.82) is 0 Å². The molecule has 0 radical (unpaired) electrons. The largest absolute Gasteiger partial charge is 0.497 e. The van der Waals surface area contributed by atoms with E-state index >= 15 is 0 Å². The summed E-state index contributed by atoms with van der Waals surface area (Å²) in [4.78, 5) is 16.7. The van der Waals surface area contributed by atoms with Gasteiger partial charge in [0.1, 0.15) is 11.6 Å². The first-order valence-corrected chi connectivity index (χ1v) is 7.01. The van der Waals surface area contributed by atoms with E-state index in [1.165, 1.54) is 0 Å². The van der Waals surface area contributed by atoms with Crippen LogP contribution in [0, 0.1) is 0 Å². The average molecular weight is 295 g/mol. The highest BCUT2D eigenvalue weighted by atomic mass is 16.5. The lowest BCUT2D eigenvalue weighted by Crippen LogP contribution is -2.24. The lowest BCUT2D eigenvalue weighted by atomic mass is 10.2. The molecule has 0 aliphatic heterocycles. The van der Waals surface area contributed by atoms with Gasteiger partial charge < -0.3 is 14.6 Å². The van der Waals surface area contributed by atoms with Gasteiger partial charge in [-0.1, -0.05) is 12.1 Å². The fourth-order valence-corrected chi connectivity index (χ4v) is 2.36. The summed E-state index contributed by atoms with van der Waals surface area (Å²) in [6.07, 6.45) is 0. The Balaban J connectivity index is 1.72. The van der Waals surface area contributed by atoms with E-state index in [1.54, 1.807) is 31.4 Å². The van der Waals surface area contributed by atoms with Crippen LogP contribution in [-0.4, -0.2) is 22.6 Å². The molecule has 0 aliphatic rings. The molecule has 3 rings (SSSR count). The van der Waals surface area contributed by atoms with Crippen LogP contribution in [0.1, 0.15) is 16.2 Å². The Kier molecular flexibility index (Phi) is 3.78. The van der Waals surface area contributed by atoms with Gasteiger partial charge in [-0.25, -0.2) is 4.98 Å². The number of aromatic nitrogens is 2. The summed E-state index contributed by atoms with van der Waals surface area (Å²) in [5, 5.41) is 2.89. The summed E-state index contributed by atoms with van der Waals surface area (Å²) in [7, 11) is 3.55. The third kappa shape index (κ3) is 2.65. The normalized spacial score (nSPS) is 10.6. The minimum absolute atomic E-state index is 0.130. The summed E-state index contributed by atoms with van der Waals surface area (Å²) in [5.41, 5.74) is 2.58. The van der Waals surface area contributed by atoms with E-state index in [0.717, 1.165) is 22.6 Å². The van der Waals surface area contributed by atoms with Crippen molar-refractivity contribution < 1.29 is 9.53 Å². The van der Waals surface area contributed by atoms with Crippen molar-refractivity contribution in [1.82, 2.24) is 14.9 Å². The zero-order valence-electron chi connectivity index (χ0n) is 12.5. The van der Waals surface area contributed by atoms with E-state index in [0.29, 0.717) is 12.1 Å². The molecule has 22 heavy (non-hydrogen) atoms. The molecule has 112 valence electrons. The van der Waals surface area contributed by atoms with Crippen LogP contribution in [0.4, 0.5) is 0 Å². The van der Waals surface area contributed by atoms with Gasteiger partial charge in [0.05, 0.1) is 24.7 Å². The maximum atomic E-state index is 12.2. The van der Waals surface area contributed by atoms with E-state index in [-0.39, 0.29) is 5.91 Å². The number of nitrogens with zero attached hydrogens (tertiary/aromatic N) is 2. The van der Waals surface area contributed by atoms with Crippen molar-refractivity contribution in [3.8, 4) is 5.75 Å². The predicted molar refractivity (Wildman–Crippen MR) is 84.9 cm³/mol. The second-order valence-corrected chi connectivity index (χ2v) is 4.99. The zero-order chi connectivity index (χ0) is 15.5. The quantitative estimate of drug-likeness (QED) is 0.804. The van der Waals surface area contributed by atoms with Crippen LogP contribution in [0.15, 0.2) is 48.5 Å². The number of methoxy groups -OCH3 is 1. The smallest absolute Gasteiger partial charge is 0.251 e. The fourth-order valence-electron chi connectivity index (χ4n) is 2.36. The Bertz CT molecular complexity index is 806. The van der Waals surface area contributed by atoms with Crippen LogP contribution in [0.2, 0.25) is 0 Å². The van der Waals surface area contributed by atoms with Crippen molar-refractivity contribution in [2.24, 2.45) is 7.05 Å². The number of aryl methyl sites for hydroxylation is 1. The highest BCUT2D eigenvalue weighted by Gasteiger charge is 2.10. The van der Waals surface area contributed by atoms with Crippen LogP contribution < -0.4 is 10.1 Å². The SMILES string of the molecule is COc1ccc(C(=O)NCc2nc3ccccc3n2C)cc1. The molecule has 0 aliphatic carbocycles. The highest BCUT2D eigenvalue weighted by Crippen LogP contribution is 2.14. The summed E-state index contributed by atoms with van der Waals surface area (Å²) < 4.78 is 7.07. The Labute approximate surface area is 128 Å². The number of rotatable bonds is 4. The van der Waals surface area contributed by atoms with Gasteiger partial charge in [-0.15, -0.1) is 0 Å². The number of hydrogen-bond acceptors (Lipinski definition) is 3. The number of para-hydroxylation sites is 2. The molecule has 0 atom stereocenters. The Morgan fingerprint density at radius 3 is 2.59 bits per heavy atom.